The third kappa shape index (κ3) is 6.66. The first-order valence-corrected chi connectivity index (χ1v) is 14.5. The average molecular weight is 475 g/mol. The van der Waals surface area contributed by atoms with Gasteiger partial charge in [0.2, 0.25) is 0 Å². The van der Waals surface area contributed by atoms with Crippen molar-refractivity contribution in [3.63, 3.8) is 0 Å². The Kier molecular flexibility index (Phi) is 8.90. The molecule has 2 aromatic carbocycles. The smallest absolute Gasteiger partial charge is 0.115 e. The summed E-state index contributed by atoms with van der Waals surface area (Å²) >= 11 is 0. The van der Waals surface area contributed by atoms with Gasteiger partial charge in [0.15, 0.2) is 0 Å². The highest BCUT2D eigenvalue weighted by atomic mass is 19.1. The van der Waals surface area contributed by atoms with Crippen LogP contribution >= 0.6 is 0 Å². The number of hydrogen-bond donors (Lipinski definition) is 0. The van der Waals surface area contributed by atoms with Crippen LogP contribution in [0.1, 0.15) is 125 Å². The summed E-state index contributed by atoms with van der Waals surface area (Å²) in [6, 6.07) is 16.0. The predicted octanol–water partition coefficient (Wildman–Crippen LogP) is 10.2. The van der Waals surface area contributed by atoms with Gasteiger partial charge < -0.3 is 0 Å². The van der Waals surface area contributed by atoms with Gasteiger partial charge in [-0.1, -0.05) is 81.8 Å². The Hall–Kier alpha value is -1.89. The fourth-order valence-electron chi connectivity index (χ4n) is 6.68. The molecule has 2 aliphatic rings. The van der Waals surface area contributed by atoms with Crippen molar-refractivity contribution in [2.24, 2.45) is 11.8 Å². The summed E-state index contributed by atoms with van der Waals surface area (Å²) < 4.78 is 15.8. The molecular formula is C34H47F. The second-order valence-corrected chi connectivity index (χ2v) is 11.7. The summed E-state index contributed by atoms with van der Waals surface area (Å²) in [6.07, 6.45) is 15.9. The lowest BCUT2D eigenvalue weighted by Gasteiger charge is -2.32. The molecule has 4 rings (SSSR count). The normalized spacial score (nSPS) is 23.0. The van der Waals surface area contributed by atoms with Crippen molar-refractivity contribution in [3.8, 4) is 0 Å². The molecule has 2 aliphatic carbocycles. The van der Waals surface area contributed by atoms with Gasteiger partial charge in [0.05, 0.1) is 0 Å². The number of alkyl halides is 1. The van der Waals surface area contributed by atoms with Crippen molar-refractivity contribution >= 4 is 6.08 Å². The lowest BCUT2D eigenvalue weighted by molar-refractivity contribution is 0.118. The molecule has 2 aromatic rings. The van der Waals surface area contributed by atoms with Crippen molar-refractivity contribution in [3.05, 3.63) is 76.9 Å². The number of hydrogen-bond acceptors (Lipinski definition) is 0. The summed E-state index contributed by atoms with van der Waals surface area (Å²) in [7, 11) is 0. The predicted molar refractivity (Wildman–Crippen MR) is 150 cm³/mol. The summed E-state index contributed by atoms with van der Waals surface area (Å²) in [4.78, 5) is 0. The van der Waals surface area contributed by atoms with Crippen molar-refractivity contribution in [2.45, 2.75) is 115 Å². The van der Waals surface area contributed by atoms with E-state index < -0.39 is 5.67 Å². The summed E-state index contributed by atoms with van der Waals surface area (Å²) in [5, 5.41) is 0. The van der Waals surface area contributed by atoms with Crippen molar-refractivity contribution in [2.75, 3.05) is 0 Å². The molecule has 2 fully saturated rings. The SMILES string of the molecule is C=Cc1ccc(CC)cc1C1CCC(CCc2cccc(C(C3CC3)C(C)(F)CCCC)c2)CC1. The first-order valence-electron chi connectivity index (χ1n) is 14.5. The molecule has 0 radical (unpaired) electrons. The molecule has 1 heteroatoms. The van der Waals surface area contributed by atoms with Gasteiger partial charge in [-0.3, -0.25) is 0 Å². The maximum atomic E-state index is 15.8. The molecule has 0 aromatic heterocycles. The third-order valence-electron chi connectivity index (χ3n) is 8.98. The summed E-state index contributed by atoms with van der Waals surface area (Å²) in [5.74, 6) is 2.10. The van der Waals surface area contributed by atoms with E-state index in [0.717, 1.165) is 31.6 Å². The molecule has 0 amide bonds. The topological polar surface area (TPSA) is 0 Å². The minimum absolute atomic E-state index is 0.0716. The second-order valence-electron chi connectivity index (χ2n) is 11.7. The van der Waals surface area contributed by atoms with Crippen molar-refractivity contribution in [1.82, 2.24) is 0 Å². The molecule has 2 unspecified atom stereocenters. The molecule has 2 saturated carbocycles. The number of unbranched alkanes of at least 4 members (excludes halogenated alkanes) is 1. The van der Waals surface area contributed by atoms with Crippen LogP contribution in [0.5, 0.6) is 0 Å². The van der Waals surface area contributed by atoms with Crippen LogP contribution in [0, 0.1) is 11.8 Å². The maximum absolute atomic E-state index is 15.8. The number of benzene rings is 2. The molecule has 0 heterocycles. The van der Waals surface area contributed by atoms with Gasteiger partial charge in [0, 0.05) is 5.92 Å². The minimum atomic E-state index is -1.09. The molecule has 0 bridgehead atoms. The average Bonchev–Trinajstić information content (AvgIpc) is 3.71. The van der Waals surface area contributed by atoms with E-state index in [2.05, 4.69) is 62.9 Å². The lowest BCUT2D eigenvalue weighted by Crippen LogP contribution is -2.29. The van der Waals surface area contributed by atoms with Crippen molar-refractivity contribution < 1.29 is 4.39 Å². The first kappa shape index (κ1) is 26.2. The zero-order chi connectivity index (χ0) is 24.8. The van der Waals surface area contributed by atoms with E-state index in [1.807, 2.05) is 13.0 Å². The third-order valence-corrected chi connectivity index (χ3v) is 8.98. The molecule has 0 spiro atoms. The van der Waals surface area contributed by atoms with Gasteiger partial charge in [-0.05, 0) is 117 Å². The number of halogens is 1. The molecule has 0 saturated heterocycles. The van der Waals surface area contributed by atoms with E-state index in [9.17, 15) is 0 Å². The minimum Gasteiger partial charge on any atom is -0.244 e. The molecular weight excluding hydrogens is 427 g/mol. The van der Waals surface area contributed by atoms with Gasteiger partial charge in [0.1, 0.15) is 5.67 Å². The Morgan fingerprint density at radius 2 is 1.77 bits per heavy atom. The van der Waals surface area contributed by atoms with Gasteiger partial charge in [0.25, 0.3) is 0 Å². The van der Waals surface area contributed by atoms with Crippen LogP contribution in [0.25, 0.3) is 6.08 Å². The highest BCUT2D eigenvalue weighted by molar-refractivity contribution is 5.54. The van der Waals surface area contributed by atoms with Crippen LogP contribution in [0.3, 0.4) is 0 Å². The van der Waals surface area contributed by atoms with Gasteiger partial charge in [-0.25, -0.2) is 4.39 Å². The van der Waals surface area contributed by atoms with Gasteiger partial charge in [-0.15, -0.1) is 0 Å². The van der Waals surface area contributed by atoms with Crippen LogP contribution in [0.2, 0.25) is 0 Å². The quantitative estimate of drug-likeness (QED) is 0.287. The van der Waals surface area contributed by atoms with Crippen LogP contribution in [0.4, 0.5) is 4.39 Å². The van der Waals surface area contributed by atoms with Crippen LogP contribution in [-0.4, -0.2) is 5.67 Å². The first-order chi connectivity index (χ1) is 16.9. The molecule has 190 valence electrons. The van der Waals surface area contributed by atoms with E-state index in [1.54, 1.807) is 0 Å². The highest BCUT2D eigenvalue weighted by Crippen LogP contribution is 2.51. The van der Waals surface area contributed by atoms with Crippen LogP contribution in [-0.2, 0) is 12.8 Å². The summed E-state index contributed by atoms with van der Waals surface area (Å²) in [5.41, 5.74) is 5.86. The standard InChI is InChI=1S/C34H47F/c1-5-8-22-34(4,35)33(30-20-21-30)31-11-9-10-27(23-31)13-12-26-15-18-29(19-16-26)32-24-25(6-2)14-17-28(32)7-3/h7,9-11,14,17,23-24,26,29-30,33H,3,5-6,8,12-13,15-16,18-22H2,1-2,4H3. The zero-order valence-electron chi connectivity index (χ0n) is 22.5. The van der Waals surface area contributed by atoms with E-state index in [4.69, 9.17) is 0 Å². The number of rotatable bonds is 12. The Bertz CT molecular complexity index is 958. The Balaban J connectivity index is 1.35. The van der Waals surface area contributed by atoms with E-state index >= 15 is 4.39 Å². The van der Waals surface area contributed by atoms with Crippen LogP contribution < -0.4 is 0 Å². The second kappa shape index (κ2) is 11.9. The molecule has 0 nitrogen and oxygen atoms in total. The van der Waals surface area contributed by atoms with E-state index in [0.29, 0.717) is 18.3 Å². The Morgan fingerprint density at radius 1 is 1.00 bits per heavy atom. The van der Waals surface area contributed by atoms with Crippen LogP contribution in [0.15, 0.2) is 49.0 Å². The molecule has 0 aliphatic heterocycles. The molecule has 2 atom stereocenters. The monoisotopic (exact) mass is 474 g/mol. The van der Waals surface area contributed by atoms with E-state index in [-0.39, 0.29) is 5.92 Å². The summed E-state index contributed by atoms with van der Waals surface area (Å²) in [6.45, 7) is 10.3. The van der Waals surface area contributed by atoms with Crippen molar-refractivity contribution in [1.29, 1.82) is 0 Å². The Morgan fingerprint density at radius 3 is 2.43 bits per heavy atom. The zero-order valence-corrected chi connectivity index (χ0v) is 22.5. The van der Waals surface area contributed by atoms with E-state index in [1.165, 1.54) is 72.8 Å². The maximum Gasteiger partial charge on any atom is 0.115 e. The fourth-order valence-corrected chi connectivity index (χ4v) is 6.68. The highest BCUT2D eigenvalue weighted by Gasteiger charge is 2.44. The fraction of sp³-hybridized carbons (Fsp3) is 0.588. The largest absolute Gasteiger partial charge is 0.244 e. The molecule has 35 heavy (non-hydrogen) atoms. The number of aryl methyl sites for hydroxylation is 2. The van der Waals surface area contributed by atoms with Gasteiger partial charge >= 0.3 is 0 Å². The lowest BCUT2D eigenvalue weighted by atomic mass is 9.75. The molecule has 0 N–H and O–H groups in total. The van der Waals surface area contributed by atoms with Gasteiger partial charge in [-0.2, -0.15) is 0 Å². The Labute approximate surface area is 214 Å².